The van der Waals surface area contributed by atoms with Crippen LogP contribution in [0.25, 0.3) is 0 Å². The Labute approximate surface area is 28.5 Å². The van der Waals surface area contributed by atoms with Gasteiger partial charge in [-0.2, -0.15) is 0 Å². The molecule has 0 radical (unpaired) electrons. The zero-order valence-corrected chi connectivity index (χ0v) is 2.63. The highest BCUT2D eigenvalue weighted by atomic mass is 35.5. The fraction of sp³-hybridized carbons (Fsp3) is 1.00. The Morgan fingerprint density at radius 3 is 2.25 bits per heavy atom. The third-order valence-electron chi connectivity index (χ3n) is 0.0412. The van der Waals surface area contributed by atoms with Gasteiger partial charge in [0.15, 0.2) is 0 Å². The number of halogens is 2. The second-order valence-corrected chi connectivity index (χ2v) is 0.436. The van der Waals surface area contributed by atoms with E-state index in [4.69, 9.17) is 0 Å². The van der Waals surface area contributed by atoms with E-state index in [1.54, 1.807) is 0 Å². The fourth-order valence-electron chi connectivity index (χ4n) is 0. The highest BCUT2D eigenvalue weighted by Gasteiger charge is 1.60. The molecule has 0 spiro atoms. The molecule has 4 heavy (non-hydrogen) atoms. The van der Waals surface area contributed by atoms with Gasteiger partial charge in [-0.25, -0.2) is 8.68 Å². The molecule has 0 aliphatic rings. The first-order valence-corrected chi connectivity index (χ1v) is 1.02. The normalized spacial score (nSPS) is 7.50. The molecule has 0 rings (SSSR count). The maximum absolute atomic E-state index is 10.4. The molecule has 0 N–H and O–H groups in total. The van der Waals surface area contributed by atoms with Gasteiger partial charge in [0.1, 0.15) is 0 Å². The van der Waals surface area contributed by atoms with E-state index in [0.29, 0.717) is 0 Å². The van der Waals surface area contributed by atoms with Crippen LogP contribution in [0.1, 0.15) is 0 Å². The minimum absolute atomic E-state index is 0.915. The van der Waals surface area contributed by atoms with Crippen molar-refractivity contribution in [3.63, 3.8) is 0 Å². The first kappa shape index (κ1) is 4.18. The number of hydrogen-bond acceptors (Lipinski definition) is 1. The molecule has 0 aliphatic heterocycles. The molecule has 0 bridgehead atoms. The topological polar surface area (TPSA) is 9.23 Å². The lowest BCUT2D eigenvalue weighted by Crippen LogP contribution is -1.60. The molecule has 0 unspecified atom stereocenters. The summed E-state index contributed by atoms with van der Waals surface area (Å²) in [6, 6.07) is 0. The van der Waals surface area contributed by atoms with Crippen molar-refractivity contribution in [2.45, 2.75) is 0 Å². The van der Waals surface area contributed by atoms with E-state index in [9.17, 15) is 4.39 Å². The molecule has 1 nitrogen and oxygen atoms in total. The van der Waals surface area contributed by atoms with Crippen LogP contribution in [0.2, 0.25) is 0 Å². The summed E-state index contributed by atoms with van der Waals surface area (Å²) in [6.07, 6.45) is 0. The van der Waals surface area contributed by atoms with Gasteiger partial charge in [-0.15, -0.1) is 0 Å². The van der Waals surface area contributed by atoms with Crippen LogP contribution in [-0.4, -0.2) is 6.86 Å². The van der Waals surface area contributed by atoms with Crippen molar-refractivity contribution < 1.29 is 8.68 Å². The maximum Gasteiger partial charge on any atom is 0.208 e. The Morgan fingerprint density at radius 2 is 2.25 bits per heavy atom. The monoisotopic (exact) mass is 84.0 g/mol. The third-order valence-corrected chi connectivity index (χ3v) is 0.124. The summed E-state index contributed by atoms with van der Waals surface area (Å²) in [5.74, 6) is 0. The van der Waals surface area contributed by atoms with E-state index in [1.807, 2.05) is 0 Å². The van der Waals surface area contributed by atoms with Gasteiger partial charge in [0.05, 0.1) is 11.9 Å². The molecule has 26 valence electrons. The molecule has 0 aromatic rings. The van der Waals surface area contributed by atoms with Gasteiger partial charge in [-0.1, -0.05) is 0 Å². The number of alkyl halides is 1. The van der Waals surface area contributed by atoms with E-state index in [1.165, 1.54) is 0 Å². The second kappa shape index (κ2) is 3.18. The van der Waals surface area contributed by atoms with Crippen LogP contribution in [-0.2, 0) is 4.29 Å². The average Bonchev–Trinajstić information content (AvgIpc) is 1.37. The van der Waals surface area contributed by atoms with Crippen LogP contribution in [0.3, 0.4) is 0 Å². The molecule has 0 aromatic heterocycles. The van der Waals surface area contributed by atoms with Crippen molar-refractivity contribution in [3.8, 4) is 0 Å². The molecule has 0 aliphatic carbocycles. The Morgan fingerprint density at radius 1 is 2.00 bits per heavy atom. The van der Waals surface area contributed by atoms with Crippen molar-refractivity contribution in [2.24, 2.45) is 0 Å². The zero-order valence-electron chi connectivity index (χ0n) is 1.87. The smallest absolute Gasteiger partial charge is 0.208 e. The summed E-state index contributed by atoms with van der Waals surface area (Å²) in [7, 11) is 0. The van der Waals surface area contributed by atoms with Gasteiger partial charge in [0, 0.05) is 0 Å². The highest BCUT2D eigenvalue weighted by molar-refractivity contribution is 6.07. The molecule has 0 heterocycles. The van der Waals surface area contributed by atoms with Crippen molar-refractivity contribution >= 4 is 11.9 Å². The van der Waals surface area contributed by atoms with E-state index >= 15 is 0 Å². The van der Waals surface area contributed by atoms with Crippen LogP contribution >= 0.6 is 11.9 Å². The standard InChI is InChI=1S/CH2ClFO/c2-4-1-3/h1H2. The highest BCUT2D eigenvalue weighted by Crippen LogP contribution is 1.74. The SMILES string of the molecule is FCOCl. The summed E-state index contributed by atoms with van der Waals surface area (Å²) in [5.41, 5.74) is 0. The molecule has 0 saturated carbocycles. The van der Waals surface area contributed by atoms with Crippen LogP contribution in [0.15, 0.2) is 0 Å². The molecule has 0 fully saturated rings. The summed E-state index contributed by atoms with van der Waals surface area (Å²) in [4.78, 5) is 0. The van der Waals surface area contributed by atoms with Gasteiger partial charge in [0.2, 0.25) is 6.86 Å². The first-order valence-electron chi connectivity index (χ1n) is 0.710. The molecule has 0 amide bonds. The largest absolute Gasteiger partial charge is 0.245 e. The maximum atomic E-state index is 10.4. The fourth-order valence-corrected chi connectivity index (χ4v) is 0. The van der Waals surface area contributed by atoms with Gasteiger partial charge in [-0.05, 0) is 0 Å². The average molecular weight is 84.5 g/mol. The minimum Gasteiger partial charge on any atom is -0.245 e. The number of rotatable bonds is 1. The van der Waals surface area contributed by atoms with Crippen molar-refractivity contribution in [3.05, 3.63) is 0 Å². The van der Waals surface area contributed by atoms with Crippen molar-refractivity contribution in [1.82, 2.24) is 0 Å². The quantitative estimate of drug-likeness (QED) is 0.462. The molecular formula is CH2ClFO. The molecule has 0 saturated heterocycles. The Hall–Kier alpha value is 0.180. The van der Waals surface area contributed by atoms with Crippen LogP contribution in [0.4, 0.5) is 4.39 Å². The van der Waals surface area contributed by atoms with Gasteiger partial charge in [-0.3, -0.25) is 0 Å². The van der Waals surface area contributed by atoms with Crippen molar-refractivity contribution in [2.75, 3.05) is 6.86 Å². The van der Waals surface area contributed by atoms with Gasteiger partial charge >= 0.3 is 0 Å². The van der Waals surface area contributed by atoms with E-state index in [2.05, 4.69) is 16.2 Å². The summed E-state index contributed by atoms with van der Waals surface area (Å²) < 4.78 is 13.7. The summed E-state index contributed by atoms with van der Waals surface area (Å²) >= 11 is 4.31. The molecule has 0 atom stereocenters. The first-order chi connectivity index (χ1) is 1.91. The summed E-state index contributed by atoms with van der Waals surface area (Å²) in [5, 5.41) is 0. The lowest BCUT2D eigenvalue weighted by Gasteiger charge is -1.67. The Bertz CT molecular complexity index is 10.0. The minimum atomic E-state index is -0.915. The van der Waals surface area contributed by atoms with E-state index < -0.39 is 6.86 Å². The predicted octanol–water partition coefficient (Wildman–Crippen LogP) is 1.08. The van der Waals surface area contributed by atoms with Crippen LogP contribution < -0.4 is 0 Å². The van der Waals surface area contributed by atoms with Crippen LogP contribution in [0.5, 0.6) is 0 Å². The van der Waals surface area contributed by atoms with E-state index in [-0.39, 0.29) is 0 Å². The lowest BCUT2D eigenvalue weighted by molar-refractivity contribution is 0.210. The molecular weight excluding hydrogens is 82.5 g/mol. The zero-order chi connectivity index (χ0) is 3.41. The van der Waals surface area contributed by atoms with Crippen molar-refractivity contribution in [1.29, 1.82) is 0 Å². The summed E-state index contributed by atoms with van der Waals surface area (Å²) in [6.45, 7) is -0.915. The molecule has 3 heteroatoms. The Kier molecular flexibility index (Phi) is 3.32. The number of hydrogen-bond donors (Lipinski definition) is 0. The van der Waals surface area contributed by atoms with Gasteiger partial charge in [0.25, 0.3) is 0 Å². The van der Waals surface area contributed by atoms with E-state index in [0.717, 1.165) is 0 Å². The second-order valence-electron chi connectivity index (χ2n) is 0.218. The van der Waals surface area contributed by atoms with Gasteiger partial charge < -0.3 is 0 Å². The predicted molar refractivity (Wildman–Crippen MR) is 12.9 cm³/mol. The third kappa shape index (κ3) is 2.18. The lowest BCUT2D eigenvalue weighted by atomic mass is 11.6. The molecule has 0 aromatic carbocycles. The Balaban J connectivity index is 1.97. The van der Waals surface area contributed by atoms with Crippen LogP contribution in [0, 0.1) is 0 Å².